The summed E-state index contributed by atoms with van der Waals surface area (Å²) in [6.45, 7) is -0.119. The Kier molecular flexibility index (Phi) is 5.38. The van der Waals surface area contributed by atoms with Crippen LogP contribution in [0.5, 0.6) is 0 Å². The number of hydrogen-bond donors (Lipinski definition) is 2. The minimum atomic E-state index is -0.787. The van der Waals surface area contributed by atoms with Gasteiger partial charge in [0, 0.05) is 15.6 Å². The third-order valence-electron chi connectivity index (χ3n) is 2.73. The van der Waals surface area contributed by atoms with Crippen molar-refractivity contribution in [3.05, 3.63) is 69.2 Å². The van der Waals surface area contributed by atoms with E-state index in [1.165, 1.54) is 30.3 Å². The van der Waals surface area contributed by atoms with E-state index in [4.69, 9.17) is 33.1 Å². The molecule has 5 nitrogen and oxygen atoms in total. The third kappa shape index (κ3) is 4.21. The summed E-state index contributed by atoms with van der Waals surface area (Å²) in [7, 11) is 0. The molecule has 0 heterocycles. The van der Waals surface area contributed by atoms with Crippen LogP contribution in [0.2, 0.25) is 10.0 Å². The molecular formula is C15H11Cl2NO4. The lowest BCUT2D eigenvalue weighted by atomic mass is 10.1. The number of carbonyl (C=O) groups excluding carboxylic acids is 2. The molecule has 0 saturated heterocycles. The number of nitrogens with one attached hydrogen (secondary N) is 1. The predicted octanol–water partition coefficient (Wildman–Crippen LogP) is 2.99. The summed E-state index contributed by atoms with van der Waals surface area (Å²) in [6, 6.07) is 10.4. The quantitative estimate of drug-likeness (QED) is 0.843. The van der Waals surface area contributed by atoms with Crippen LogP contribution in [-0.4, -0.2) is 17.0 Å². The maximum atomic E-state index is 11.8. The van der Waals surface area contributed by atoms with Gasteiger partial charge in [-0.05, 0) is 35.9 Å². The topological polar surface area (TPSA) is 75.6 Å². The molecule has 0 aliphatic rings. The van der Waals surface area contributed by atoms with Gasteiger partial charge in [0.2, 0.25) is 0 Å². The number of halogens is 2. The van der Waals surface area contributed by atoms with Gasteiger partial charge in [-0.3, -0.25) is 4.79 Å². The Balaban J connectivity index is 1.99. The Labute approximate surface area is 136 Å². The summed E-state index contributed by atoms with van der Waals surface area (Å²) < 4.78 is 0. The highest BCUT2D eigenvalue weighted by molar-refractivity contribution is 6.35. The molecule has 114 valence electrons. The van der Waals surface area contributed by atoms with E-state index in [1.807, 2.05) is 5.48 Å². The van der Waals surface area contributed by atoms with Gasteiger partial charge in [0.05, 0.1) is 12.2 Å². The van der Waals surface area contributed by atoms with Crippen LogP contribution < -0.4 is 5.48 Å². The smallest absolute Gasteiger partial charge is 0.363 e. The molecule has 2 aromatic rings. The van der Waals surface area contributed by atoms with E-state index in [0.29, 0.717) is 5.56 Å². The lowest BCUT2D eigenvalue weighted by molar-refractivity contribution is 0.0230. The molecule has 2 rings (SSSR count). The van der Waals surface area contributed by atoms with Gasteiger partial charge < -0.3 is 9.94 Å². The molecule has 1 amide bonds. The number of benzene rings is 2. The average Bonchev–Trinajstić information content (AvgIpc) is 2.51. The number of aliphatic hydroxyl groups excluding tert-OH is 1. The number of amides is 1. The Hall–Kier alpha value is -2.08. The monoisotopic (exact) mass is 339 g/mol. The molecule has 0 unspecified atom stereocenters. The van der Waals surface area contributed by atoms with E-state index in [2.05, 4.69) is 0 Å². The van der Waals surface area contributed by atoms with Crippen molar-refractivity contribution in [1.82, 2.24) is 5.48 Å². The number of hydrogen-bond acceptors (Lipinski definition) is 4. The van der Waals surface area contributed by atoms with E-state index in [9.17, 15) is 9.59 Å². The Morgan fingerprint density at radius 2 is 1.59 bits per heavy atom. The highest BCUT2D eigenvalue weighted by Gasteiger charge is 2.12. The molecule has 0 spiro atoms. The molecule has 0 atom stereocenters. The van der Waals surface area contributed by atoms with Gasteiger partial charge in [-0.15, -0.1) is 0 Å². The van der Waals surface area contributed by atoms with Crippen LogP contribution in [-0.2, 0) is 11.4 Å². The molecule has 0 aromatic heterocycles. The van der Waals surface area contributed by atoms with Crippen molar-refractivity contribution >= 4 is 35.1 Å². The fourth-order valence-electron chi connectivity index (χ4n) is 1.64. The summed E-state index contributed by atoms with van der Waals surface area (Å²) in [5.41, 5.74) is 3.11. The Morgan fingerprint density at radius 1 is 1.00 bits per heavy atom. The maximum absolute atomic E-state index is 11.8. The number of carbonyl (C=O) groups is 2. The first-order valence-corrected chi connectivity index (χ1v) is 6.92. The van der Waals surface area contributed by atoms with Crippen molar-refractivity contribution in [2.75, 3.05) is 0 Å². The predicted molar refractivity (Wildman–Crippen MR) is 81.7 cm³/mol. The van der Waals surface area contributed by atoms with E-state index in [1.54, 1.807) is 12.1 Å². The molecule has 2 N–H and O–H groups in total. The van der Waals surface area contributed by atoms with Crippen molar-refractivity contribution in [3.63, 3.8) is 0 Å². The van der Waals surface area contributed by atoms with Crippen LogP contribution in [0.1, 0.15) is 26.3 Å². The maximum Gasteiger partial charge on any atom is 0.363 e. The van der Waals surface area contributed by atoms with E-state index >= 15 is 0 Å². The zero-order valence-corrected chi connectivity index (χ0v) is 12.7. The summed E-state index contributed by atoms with van der Waals surface area (Å²) >= 11 is 11.6. The largest absolute Gasteiger partial charge is 0.392 e. The van der Waals surface area contributed by atoms with E-state index in [-0.39, 0.29) is 27.8 Å². The van der Waals surface area contributed by atoms with Gasteiger partial charge >= 0.3 is 5.97 Å². The van der Waals surface area contributed by atoms with Crippen molar-refractivity contribution in [2.24, 2.45) is 0 Å². The van der Waals surface area contributed by atoms with Crippen molar-refractivity contribution in [1.29, 1.82) is 0 Å². The molecule has 22 heavy (non-hydrogen) atoms. The van der Waals surface area contributed by atoms with Crippen LogP contribution in [0.4, 0.5) is 0 Å². The normalized spacial score (nSPS) is 10.1. The fraction of sp³-hybridized carbons (Fsp3) is 0.0667. The zero-order chi connectivity index (χ0) is 16.1. The highest BCUT2D eigenvalue weighted by atomic mass is 35.5. The Bertz CT molecular complexity index is 681. The summed E-state index contributed by atoms with van der Waals surface area (Å²) in [6.07, 6.45) is 0. The highest BCUT2D eigenvalue weighted by Crippen LogP contribution is 2.19. The van der Waals surface area contributed by atoms with E-state index < -0.39 is 11.9 Å². The van der Waals surface area contributed by atoms with E-state index in [0.717, 1.165) is 0 Å². The second kappa shape index (κ2) is 7.26. The third-order valence-corrected chi connectivity index (χ3v) is 3.17. The van der Waals surface area contributed by atoms with Crippen LogP contribution in [0.25, 0.3) is 0 Å². The molecule has 0 radical (unpaired) electrons. The SMILES string of the molecule is O=C(NOC(=O)c1cc(Cl)cc(Cl)c1)c1ccc(CO)cc1. The van der Waals surface area contributed by atoms with Crippen LogP contribution in [0.15, 0.2) is 42.5 Å². The van der Waals surface area contributed by atoms with Gasteiger partial charge in [0.1, 0.15) is 0 Å². The molecule has 0 fully saturated rings. The molecular weight excluding hydrogens is 329 g/mol. The van der Waals surface area contributed by atoms with Crippen molar-refractivity contribution in [2.45, 2.75) is 6.61 Å². The molecule has 2 aromatic carbocycles. The van der Waals surface area contributed by atoms with Crippen LogP contribution in [0.3, 0.4) is 0 Å². The van der Waals surface area contributed by atoms with Crippen molar-refractivity contribution < 1.29 is 19.5 Å². The second-order valence-corrected chi connectivity index (χ2v) is 5.21. The first kappa shape index (κ1) is 16.3. The number of aliphatic hydroxyl groups is 1. The molecule has 0 bridgehead atoms. The van der Waals surface area contributed by atoms with Gasteiger partial charge in [-0.1, -0.05) is 35.3 Å². The van der Waals surface area contributed by atoms with Crippen LogP contribution >= 0.6 is 23.2 Å². The Morgan fingerprint density at radius 3 is 2.14 bits per heavy atom. The summed E-state index contributed by atoms with van der Waals surface area (Å²) in [4.78, 5) is 28.3. The van der Waals surface area contributed by atoms with Gasteiger partial charge in [-0.25, -0.2) is 4.79 Å². The van der Waals surface area contributed by atoms with Crippen LogP contribution in [0, 0.1) is 0 Å². The minimum Gasteiger partial charge on any atom is -0.392 e. The van der Waals surface area contributed by atoms with Gasteiger partial charge in [-0.2, -0.15) is 5.48 Å². The minimum absolute atomic E-state index is 0.119. The first-order valence-electron chi connectivity index (χ1n) is 6.17. The van der Waals surface area contributed by atoms with Gasteiger partial charge in [0.25, 0.3) is 5.91 Å². The lowest BCUT2D eigenvalue weighted by Gasteiger charge is -2.07. The van der Waals surface area contributed by atoms with Gasteiger partial charge in [0.15, 0.2) is 0 Å². The fourth-order valence-corrected chi connectivity index (χ4v) is 2.17. The summed E-state index contributed by atoms with van der Waals surface area (Å²) in [5, 5.41) is 9.49. The van der Waals surface area contributed by atoms with Crippen molar-refractivity contribution in [3.8, 4) is 0 Å². The molecule has 0 aliphatic carbocycles. The number of hydroxylamine groups is 1. The molecule has 0 saturated carbocycles. The first-order chi connectivity index (χ1) is 10.5. The zero-order valence-electron chi connectivity index (χ0n) is 11.2. The number of rotatable bonds is 3. The summed E-state index contributed by atoms with van der Waals surface area (Å²) in [5.74, 6) is -1.38. The molecule has 7 heteroatoms. The standard InChI is InChI=1S/C15H11Cl2NO4/c16-12-5-11(6-13(17)7-12)15(21)22-18-14(20)10-3-1-9(8-19)2-4-10/h1-7,19H,8H2,(H,18,20). The lowest BCUT2D eigenvalue weighted by Crippen LogP contribution is -2.27. The molecule has 0 aliphatic heterocycles. The average molecular weight is 340 g/mol. The second-order valence-electron chi connectivity index (χ2n) is 4.33.